The fourth-order valence-corrected chi connectivity index (χ4v) is 1.88. The molecule has 0 bridgehead atoms. The highest BCUT2D eigenvalue weighted by atomic mass is 16.2. The first-order chi connectivity index (χ1) is 10.2. The van der Waals surface area contributed by atoms with Crippen LogP contribution in [0.15, 0.2) is 48.5 Å². The van der Waals surface area contributed by atoms with E-state index in [2.05, 4.69) is 34.9 Å². The van der Waals surface area contributed by atoms with Crippen molar-refractivity contribution in [3.63, 3.8) is 0 Å². The number of carbonyl (C=O) groups is 1. The van der Waals surface area contributed by atoms with Gasteiger partial charge in [-0.3, -0.25) is 0 Å². The number of hydrogen-bond donors (Lipinski definition) is 2. The van der Waals surface area contributed by atoms with Gasteiger partial charge < -0.3 is 10.6 Å². The molecule has 2 amide bonds. The van der Waals surface area contributed by atoms with Crippen LogP contribution in [-0.4, -0.2) is 12.6 Å². The number of aryl methyl sites for hydroxylation is 1. The fourth-order valence-electron chi connectivity index (χ4n) is 1.88. The highest BCUT2D eigenvalue weighted by Crippen LogP contribution is 2.08. The van der Waals surface area contributed by atoms with Gasteiger partial charge in [0.25, 0.3) is 0 Å². The summed E-state index contributed by atoms with van der Waals surface area (Å²) in [6, 6.07) is 16.8. The van der Waals surface area contributed by atoms with E-state index in [1.165, 1.54) is 11.1 Å². The Morgan fingerprint density at radius 2 is 1.76 bits per heavy atom. The first kappa shape index (κ1) is 14.6. The van der Waals surface area contributed by atoms with Gasteiger partial charge in [-0.1, -0.05) is 29.8 Å². The van der Waals surface area contributed by atoms with E-state index in [1.54, 1.807) is 24.3 Å². The first-order valence-electron chi connectivity index (χ1n) is 6.78. The lowest BCUT2D eigenvalue weighted by Crippen LogP contribution is -2.30. The van der Waals surface area contributed by atoms with Crippen LogP contribution in [0.4, 0.5) is 10.5 Å². The third kappa shape index (κ3) is 4.66. The number of carbonyl (C=O) groups excluding carboxylic acids is 1. The molecule has 2 N–H and O–H groups in total. The summed E-state index contributed by atoms with van der Waals surface area (Å²) >= 11 is 0. The molecular weight excluding hydrogens is 262 g/mol. The van der Waals surface area contributed by atoms with Crippen molar-refractivity contribution in [2.75, 3.05) is 11.9 Å². The van der Waals surface area contributed by atoms with E-state index in [4.69, 9.17) is 5.26 Å². The Morgan fingerprint density at radius 3 is 2.38 bits per heavy atom. The van der Waals surface area contributed by atoms with Gasteiger partial charge in [0, 0.05) is 12.2 Å². The lowest BCUT2D eigenvalue weighted by molar-refractivity contribution is 0.252. The van der Waals surface area contributed by atoms with Gasteiger partial charge in [-0.05, 0) is 43.2 Å². The van der Waals surface area contributed by atoms with E-state index >= 15 is 0 Å². The van der Waals surface area contributed by atoms with Crippen LogP contribution < -0.4 is 10.6 Å². The van der Waals surface area contributed by atoms with Crippen LogP contribution in [0.25, 0.3) is 0 Å². The smallest absolute Gasteiger partial charge is 0.319 e. The zero-order chi connectivity index (χ0) is 15.1. The molecule has 0 spiro atoms. The molecule has 0 aliphatic carbocycles. The fraction of sp³-hybridized carbons (Fsp3) is 0.176. The number of nitrogens with zero attached hydrogens (tertiary/aromatic N) is 1. The molecule has 0 aliphatic rings. The summed E-state index contributed by atoms with van der Waals surface area (Å²) in [6.45, 7) is 2.62. The van der Waals surface area contributed by atoms with E-state index in [0.29, 0.717) is 17.8 Å². The number of urea groups is 1. The number of nitrogens with one attached hydrogen (secondary N) is 2. The summed E-state index contributed by atoms with van der Waals surface area (Å²) < 4.78 is 0. The maximum atomic E-state index is 11.7. The number of hydrogen-bond acceptors (Lipinski definition) is 2. The molecule has 0 unspecified atom stereocenters. The number of benzene rings is 2. The zero-order valence-electron chi connectivity index (χ0n) is 11.9. The van der Waals surface area contributed by atoms with Crippen LogP contribution in [0, 0.1) is 18.3 Å². The third-order valence-electron chi connectivity index (χ3n) is 3.09. The predicted molar refractivity (Wildman–Crippen MR) is 83.1 cm³/mol. The second-order valence-corrected chi connectivity index (χ2v) is 4.81. The van der Waals surface area contributed by atoms with Gasteiger partial charge in [0.05, 0.1) is 11.6 Å². The molecule has 0 saturated carbocycles. The van der Waals surface area contributed by atoms with Gasteiger partial charge in [0.1, 0.15) is 0 Å². The van der Waals surface area contributed by atoms with Crippen LogP contribution in [0.5, 0.6) is 0 Å². The lowest BCUT2D eigenvalue weighted by Gasteiger charge is -2.08. The molecule has 21 heavy (non-hydrogen) atoms. The minimum absolute atomic E-state index is 0.244. The van der Waals surface area contributed by atoms with Gasteiger partial charge in [0.2, 0.25) is 0 Å². The van der Waals surface area contributed by atoms with E-state index in [1.807, 2.05) is 13.0 Å². The molecule has 0 aliphatic heterocycles. The SMILES string of the molecule is Cc1ccc(CCNC(=O)Nc2ccc(C#N)cc2)cc1. The van der Waals surface area contributed by atoms with Gasteiger partial charge in [-0.2, -0.15) is 5.26 Å². The van der Waals surface area contributed by atoms with Crippen molar-refractivity contribution in [3.8, 4) is 6.07 Å². The summed E-state index contributed by atoms with van der Waals surface area (Å²) in [5.74, 6) is 0. The molecule has 2 rings (SSSR count). The van der Waals surface area contributed by atoms with Crippen molar-refractivity contribution in [2.45, 2.75) is 13.3 Å². The molecule has 0 saturated heterocycles. The number of rotatable bonds is 4. The Hall–Kier alpha value is -2.80. The van der Waals surface area contributed by atoms with E-state index in [9.17, 15) is 4.79 Å². The number of amides is 2. The largest absolute Gasteiger partial charge is 0.338 e. The van der Waals surface area contributed by atoms with Crippen molar-refractivity contribution in [1.29, 1.82) is 5.26 Å². The van der Waals surface area contributed by atoms with E-state index < -0.39 is 0 Å². The Bertz CT molecular complexity index is 639. The van der Waals surface area contributed by atoms with Crippen molar-refractivity contribution in [2.24, 2.45) is 0 Å². The molecule has 0 radical (unpaired) electrons. The number of nitriles is 1. The van der Waals surface area contributed by atoms with Crippen LogP contribution in [-0.2, 0) is 6.42 Å². The summed E-state index contributed by atoms with van der Waals surface area (Å²) in [5.41, 5.74) is 3.66. The quantitative estimate of drug-likeness (QED) is 0.902. The summed E-state index contributed by atoms with van der Waals surface area (Å²) in [5, 5.41) is 14.2. The monoisotopic (exact) mass is 279 g/mol. The first-order valence-corrected chi connectivity index (χ1v) is 6.78. The van der Waals surface area contributed by atoms with Crippen LogP contribution in [0.3, 0.4) is 0 Å². The average Bonchev–Trinajstić information content (AvgIpc) is 2.50. The third-order valence-corrected chi connectivity index (χ3v) is 3.09. The Morgan fingerprint density at radius 1 is 1.10 bits per heavy atom. The van der Waals surface area contributed by atoms with Gasteiger partial charge in [-0.15, -0.1) is 0 Å². The van der Waals surface area contributed by atoms with Crippen LogP contribution in [0.1, 0.15) is 16.7 Å². The second-order valence-electron chi connectivity index (χ2n) is 4.81. The summed E-state index contributed by atoms with van der Waals surface area (Å²) in [6.07, 6.45) is 0.793. The molecule has 4 heteroatoms. The van der Waals surface area contributed by atoms with E-state index in [0.717, 1.165) is 6.42 Å². The van der Waals surface area contributed by atoms with Gasteiger partial charge in [-0.25, -0.2) is 4.79 Å². The summed E-state index contributed by atoms with van der Waals surface area (Å²) in [4.78, 5) is 11.7. The summed E-state index contributed by atoms with van der Waals surface area (Å²) in [7, 11) is 0. The van der Waals surface area contributed by atoms with Gasteiger partial charge >= 0.3 is 6.03 Å². The molecule has 2 aromatic carbocycles. The Balaban J connectivity index is 1.76. The molecule has 0 heterocycles. The molecule has 0 aromatic heterocycles. The van der Waals surface area contributed by atoms with E-state index in [-0.39, 0.29) is 6.03 Å². The minimum Gasteiger partial charge on any atom is -0.338 e. The maximum absolute atomic E-state index is 11.7. The predicted octanol–water partition coefficient (Wildman–Crippen LogP) is 3.23. The molecule has 0 fully saturated rings. The zero-order valence-corrected chi connectivity index (χ0v) is 11.9. The second kappa shape index (κ2) is 7.11. The lowest BCUT2D eigenvalue weighted by atomic mass is 10.1. The highest BCUT2D eigenvalue weighted by Gasteiger charge is 2.01. The maximum Gasteiger partial charge on any atom is 0.319 e. The Kier molecular flexibility index (Phi) is 4.94. The highest BCUT2D eigenvalue weighted by molar-refractivity contribution is 5.89. The standard InChI is InChI=1S/C17H17N3O/c1-13-2-4-14(5-3-13)10-11-19-17(21)20-16-8-6-15(12-18)7-9-16/h2-9H,10-11H2,1H3,(H2,19,20,21). The molecule has 4 nitrogen and oxygen atoms in total. The molecule has 2 aromatic rings. The van der Waals surface area contributed by atoms with Crippen molar-refractivity contribution in [3.05, 3.63) is 65.2 Å². The molecule has 0 atom stereocenters. The van der Waals surface area contributed by atoms with Crippen molar-refractivity contribution < 1.29 is 4.79 Å². The Labute approximate surface area is 124 Å². The number of anilines is 1. The normalized spacial score (nSPS) is 9.71. The molecule has 106 valence electrons. The van der Waals surface area contributed by atoms with Crippen molar-refractivity contribution >= 4 is 11.7 Å². The van der Waals surface area contributed by atoms with Gasteiger partial charge in [0.15, 0.2) is 0 Å². The average molecular weight is 279 g/mol. The minimum atomic E-state index is -0.244. The van der Waals surface area contributed by atoms with Crippen LogP contribution >= 0.6 is 0 Å². The molecular formula is C17H17N3O. The topological polar surface area (TPSA) is 64.9 Å². The van der Waals surface area contributed by atoms with Crippen LogP contribution in [0.2, 0.25) is 0 Å². The van der Waals surface area contributed by atoms with Crippen molar-refractivity contribution in [1.82, 2.24) is 5.32 Å².